The van der Waals surface area contributed by atoms with Crippen molar-refractivity contribution >= 4 is 29.7 Å². The lowest BCUT2D eigenvalue weighted by molar-refractivity contribution is -0.141. The Morgan fingerprint density at radius 1 is 1.35 bits per heavy atom. The third-order valence-electron chi connectivity index (χ3n) is 2.73. The maximum Gasteiger partial charge on any atom is 0.326 e. The van der Waals surface area contributed by atoms with Gasteiger partial charge in [-0.25, -0.2) is 4.79 Å². The maximum absolute atomic E-state index is 11.7. The largest absolute Gasteiger partial charge is 0.480 e. The molecule has 0 fully saturated rings. The third-order valence-corrected chi connectivity index (χ3v) is 3.37. The first kappa shape index (κ1) is 16.3. The zero-order valence-electron chi connectivity index (χ0n) is 11.6. The van der Waals surface area contributed by atoms with Gasteiger partial charge in [0.25, 0.3) is 0 Å². The van der Waals surface area contributed by atoms with Gasteiger partial charge in [0.05, 0.1) is 0 Å². The fourth-order valence-corrected chi connectivity index (χ4v) is 2.03. The second-order valence-electron chi connectivity index (χ2n) is 4.42. The molecule has 0 saturated heterocycles. The molecule has 2 N–H and O–H groups in total. The van der Waals surface area contributed by atoms with Crippen LogP contribution in [-0.4, -0.2) is 35.0 Å². The molecule has 1 amide bonds. The van der Waals surface area contributed by atoms with Gasteiger partial charge in [-0.05, 0) is 37.0 Å². The van der Waals surface area contributed by atoms with Gasteiger partial charge in [-0.15, -0.1) is 0 Å². The summed E-state index contributed by atoms with van der Waals surface area (Å²) < 4.78 is 0. The van der Waals surface area contributed by atoms with Gasteiger partial charge in [0.15, 0.2) is 0 Å². The fourth-order valence-electron chi connectivity index (χ4n) is 1.56. The van der Waals surface area contributed by atoms with E-state index in [1.54, 1.807) is 17.8 Å². The number of carboxylic acids is 1. The highest BCUT2D eigenvalue weighted by molar-refractivity contribution is 7.98. The zero-order chi connectivity index (χ0) is 15.0. The number of thioether (sulfide) groups is 1. The highest BCUT2D eigenvalue weighted by atomic mass is 32.2. The maximum atomic E-state index is 11.7. The van der Waals surface area contributed by atoms with Gasteiger partial charge in [0, 0.05) is 6.08 Å². The smallest absolute Gasteiger partial charge is 0.326 e. The predicted molar refractivity (Wildman–Crippen MR) is 82.8 cm³/mol. The Kier molecular flexibility index (Phi) is 6.87. The van der Waals surface area contributed by atoms with Crippen LogP contribution in [0.1, 0.15) is 17.5 Å². The molecule has 0 spiro atoms. The lowest BCUT2D eigenvalue weighted by Gasteiger charge is -2.12. The summed E-state index contributed by atoms with van der Waals surface area (Å²) in [6, 6.07) is 6.88. The van der Waals surface area contributed by atoms with Gasteiger partial charge in [-0.1, -0.05) is 29.8 Å². The Balaban J connectivity index is 2.56. The monoisotopic (exact) mass is 293 g/mol. The minimum absolute atomic E-state index is 0.390. The predicted octanol–water partition coefficient (Wildman–Crippen LogP) is 2.33. The SMILES string of the molecule is CSCC[C@H](NC(=O)/C=C/c1ccc(C)cc1)C(=O)O. The van der Waals surface area contributed by atoms with E-state index in [4.69, 9.17) is 5.11 Å². The summed E-state index contributed by atoms with van der Waals surface area (Å²) in [5, 5.41) is 11.5. The second kappa shape index (κ2) is 8.43. The van der Waals surface area contributed by atoms with E-state index in [2.05, 4.69) is 5.32 Å². The molecule has 1 aromatic rings. The molecule has 0 saturated carbocycles. The van der Waals surface area contributed by atoms with E-state index < -0.39 is 12.0 Å². The lowest BCUT2D eigenvalue weighted by atomic mass is 10.1. The van der Waals surface area contributed by atoms with Crippen LogP contribution in [0, 0.1) is 6.92 Å². The minimum Gasteiger partial charge on any atom is -0.480 e. The summed E-state index contributed by atoms with van der Waals surface area (Å²) in [5.74, 6) is -0.700. The van der Waals surface area contributed by atoms with Crippen molar-refractivity contribution in [3.8, 4) is 0 Å². The molecule has 0 unspecified atom stereocenters. The van der Waals surface area contributed by atoms with Crippen LogP contribution in [0.25, 0.3) is 6.08 Å². The van der Waals surface area contributed by atoms with E-state index in [9.17, 15) is 9.59 Å². The molecule has 0 aliphatic rings. The second-order valence-corrected chi connectivity index (χ2v) is 5.41. The average Bonchev–Trinajstić information content (AvgIpc) is 2.42. The molecule has 0 aliphatic heterocycles. The number of aliphatic carboxylic acids is 1. The van der Waals surface area contributed by atoms with Crippen molar-refractivity contribution in [1.29, 1.82) is 0 Å². The van der Waals surface area contributed by atoms with Crippen LogP contribution < -0.4 is 5.32 Å². The van der Waals surface area contributed by atoms with Crippen LogP contribution in [-0.2, 0) is 9.59 Å². The number of nitrogens with one attached hydrogen (secondary N) is 1. The molecule has 20 heavy (non-hydrogen) atoms. The number of carbonyl (C=O) groups is 2. The quantitative estimate of drug-likeness (QED) is 0.757. The standard InChI is InChI=1S/C15H19NO3S/c1-11-3-5-12(6-4-11)7-8-14(17)16-13(15(18)19)9-10-20-2/h3-8,13H,9-10H2,1-2H3,(H,16,17)(H,18,19)/b8-7+/t13-/m0/s1. The van der Waals surface area contributed by atoms with Gasteiger partial charge in [0.2, 0.25) is 5.91 Å². The van der Waals surface area contributed by atoms with E-state index in [0.29, 0.717) is 12.2 Å². The number of aryl methyl sites for hydroxylation is 1. The summed E-state index contributed by atoms with van der Waals surface area (Å²) in [5.41, 5.74) is 2.05. The van der Waals surface area contributed by atoms with Gasteiger partial charge in [-0.3, -0.25) is 4.79 Å². The Morgan fingerprint density at radius 2 is 2.00 bits per heavy atom. The van der Waals surface area contributed by atoms with E-state index in [0.717, 1.165) is 11.1 Å². The number of carboxylic acid groups (broad SMARTS) is 1. The van der Waals surface area contributed by atoms with Gasteiger partial charge in [-0.2, -0.15) is 11.8 Å². The van der Waals surface area contributed by atoms with E-state index >= 15 is 0 Å². The lowest BCUT2D eigenvalue weighted by Crippen LogP contribution is -2.40. The van der Waals surface area contributed by atoms with E-state index in [1.165, 1.54) is 6.08 Å². The van der Waals surface area contributed by atoms with Crippen molar-refractivity contribution in [2.24, 2.45) is 0 Å². The van der Waals surface area contributed by atoms with Crippen molar-refractivity contribution in [2.45, 2.75) is 19.4 Å². The molecule has 0 radical (unpaired) electrons. The minimum atomic E-state index is -1.00. The normalized spacial score (nSPS) is 12.3. The topological polar surface area (TPSA) is 66.4 Å². The third kappa shape index (κ3) is 5.93. The molecule has 0 aromatic heterocycles. The molecular weight excluding hydrogens is 274 g/mol. The summed E-state index contributed by atoms with van der Waals surface area (Å²) in [6.45, 7) is 1.99. The molecule has 1 atom stereocenters. The molecule has 1 aromatic carbocycles. The average molecular weight is 293 g/mol. The van der Waals surface area contributed by atoms with Crippen molar-refractivity contribution in [3.63, 3.8) is 0 Å². The van der Waals surface area contributed by atoms with E-state index in [1.807, 2.05) is 37.4 Å². The number of amides is 1. The van der Waals surface area contributed by atoms with Crippen LogP contribution in [0.15, 0.2) is 30.3 Å². The fraction of sp³-hybridized carbons (Fsp3) is 0.333. The summed E-state index contributed by atoms with van der Waals surface area (Å²) in [4.78, 5) is 22.7. The highest BCUT2D eigenvalue weighted by Crippen LogP contribution is 2.05. The molecule has 0 aliphatic carbocycles. The first-order chi connectivity index (χ1) is 9.52. The van der Waals surface area contributed by atoms with Crippen LogP contribution >= 0.6 is 11.8 Å². The van der Waals surface area contributed by atoms with Crippen molar-refractivity contribution in [2.75, 3.05) is 12.0 Å². The molecular formula is C15H19NO3S. The van der Waals surface area contributed by atoms with E-state index in [-0.39, 0.29) is 5.91 Å². The van der Waals surface area contributed by atoms with Gasteiger partial charge < -0.3 is 10.4 Å². The summed E-state index contributed by atoms with van der Waals surface area (Å²) in [7, 11) is 0. The number of hydrogen-bond donors (Lipinski definition) is 2. The Bertz CT molecular complexity index is 482. The Morgan fingerprint density at radius 3 is 2.55 bits per heavy atom. The Hall–Kier alpha value is -1.75. The van der Waals surface area contributed by atoms with Gasteiger partial charge in [0.1, 0.15) is 6.04 Å². The first-order valence-electron chi connectivity index (χ1n) is 6.30. The summed E-state index contributed by atoms with van der Waals surface area (Å²) >= 11 is 1.55. The van der Waals surface area contributed by atoms with Crippen molar-refractivity contribution < 1.29 is 14.7 Å². The molecule has 4 nitrogen and oxygen atoms in total. The van der Waals surface area contributed by atoms with Crippen LogP contribution in [0.5, 0.6) is 0 Å². The number of benzene rings is 1. The summed E-state index contributed by atoms with van der Waals surface area (Å²) in [6.07, 6.45) is 5.35. The van der Waals surface area contributed by atoms with Gasteiger partial charge >= 0.3 is 5.97 Å². The molecule has 1 rings (SSSR count). The molecule has 5 heteroatoms. The molecule has 108 valence electrons. The zero-order valence-corrected chi connectivity index (χ0v) is 12.4. The van der Waals surface area contributed by atoms with Crippen LogP contribution in [0.4, 0.5) is 0 Å². The van der Waals surface area contributed by atoms with Crippen LogP contribution in [0.3, 0.4) is 0 Å². The highest BCUT2D eigenvalue weighted by Gasteiger charge is 2.17. The van der Waals surface area contributed by atoms with Crippen LogP contribution in [0.2, 0.25) is 0 Å². The molecule has 0 heterocycles. The molecule has 0 bridgehead atoms. The first-order valence-corrected chi connectivity index (χ1v) is 7.69. The van der Waals surface area contributed by atoms with Crippen molar-refractivity contribution in [3.05, 3.63) is 41.5 Å². The number of carbonyl (C=O) groups excluding carboxylic acids is 1. The van der Waals surface area contributed by atoms with Crippen molar-refractivity contribution in [1.82, 2.24) is 5.32 Å². The Labute approximate surface area is 123 Å². The number of hydrogen-bond acceptors (Lipinski definition) is 3. The number of rotatable bonds is 7.